The second-order valence-corrected chi connectivity index (χ2v) is 7.92. The lowest BCUT2D eigenvalue weighted by Gasteiger charge is -2.42. The molecule has 2 aliphatic rings. The summed E-state index contributed by atoms with van der Waals surface area (Å²) in [6.07, 6.45) is 1.03. The van der Waals surface area contributed by atoms with Gasteiger partial charge in [0.2, 0.25) is 17.5 Å². The fourth-order valence-corrected chi connectivity index (χ4v) is 4.64. The highest BCUT2D eigenvalue weighted by molar-refractivity contribution is 5.49. The first-order chi connectivity index (χ1) is 15.2. The lowest BCUT2D eigenvalue weighted by atomic mass is 9.83. The molecule has 0 aliphatic carbocycles. The number of benzene rings is 1. The number of para-hydroxylation sites is 2. The first kappa shape index (κ1) is 19.2. The molecule has 8 nitrogen and oxygen atoms in total. The number of ether oxygens (including phenoxy) is 2. The SMILES string of the molecule is COc1ccccc1OCc1nc(C#N)c(N2C[C@H]3C[C@@H](C2)c2cccc(=O)n2C3)o1. The summed E-state index contributed by atoms with van der Waals surface area (Å²) in [5.41, 5.74) is 1.35. The van der Waals surface area contributed by atoms with Gasteiger partial charge in [0.1, 0.15) is 6.07 Å². The van der Waals surface area contributed by atoms with Crippen LogP contribution >= 0.6 is 0 Å². The van der Waals surface area contributed by atoms with E-state index in [1.165, 1.54) is 0 Å². The monoisotopic (exact) mass is 418 g/mol. The Labute approximate surface area is 179 Å². The number of oxazole rings is 1. The molecule has 8 heteroatoms. The van der Waals surface area contributed by atoms with Gasteiger partial charge >= 0.3 is 0 Å². The Bertz CT molecular complexity index is 1210. The van der Waals surface area contributed by atoms with Crippen molar-refractivity contribution < 1.29 is 13.9 Å². The Morgan fingerprint density at radius 2 is 2.00 bits per heavy atom. The van der Waals surface area contributed by atoms with Crippen molar-refractivity contribution in [2.45, 2.75) is 25.5 Å². The van der Waals surface area contributed by atoms with Gasteiger partial charge in [0.15, 0.2) is 18.1 Å². The van der Waals surface area contributed by atoms with E-state index in [4.69, 9.17) is 13.9 Å². The maximum atomic E-state index is 12.2. The van der Waals surface area contributed by atoms with Crippen molar-refractivity contribution in [2.24, 2.45) is 5.92 Å². The van der Waals surface area contributed by atoms with Gasteiger partial charge in [-0.3, -0.25) is 4.79 Å². The summed E-state index contributed by atoms with van der Waals surface area (Å²) in [5.74, 6) is 2.54. The molecule has 0 radical (unpaired) electrons. The number of aromatic nitrogens is 2. The van der Waals surface area contributed by atoms with Crippen molar-refractivity contribution in [2.75, 3.05) is 25.1 Å². The molecule has 31 heavy (non-hydrogen) atoms. The standard InChI is InChI=1S/C23H22N4O4/c1-29-19-6-2-3-7-20(19)30-14-21-25-17(10-24)23(31-21)26-11-15-9-16(13-26)18-5-4-8-22(28)27(18)12-15/h2-8,15-16H,9,11-14H2,1H3/t15-,16+/m1/s1. The largest absolute Gasteiger partial charge is 0.493 e. The maximum absolute atomic E-state index is 12.2. The molecule has 0 amide bonds. The van der Waals surface area contributed by atoms with Gasteiger partial charge < -0.3 is 23.4 Å². The van der Waals surface area contributed by atoms with Crippen LogP contribution in [0.2, 0.25) is 0 Å². The van der Waals surface area contributed by atoms with Crippen LogP contribution in [0.3, 0.4) is 0 Å². The van der Waals surface area contributed by atoms with E-state index in [0.717, 1.165) is 12.1 Å². The molecule has 1 aromatic carbocycles. The number of anilines is 1. The van der Waals surface area contributed by atoms with Gasteiger partial charge in [0.05, 0.1) is 7.11 Å². The number of hydrogen-bond acceptors (Lipinski definition) is 7. The van der Waals surface area contributed by atoms with Gasteiger partial charge in [-0.15, -0.1) is 0 Å². The van der Waals surface area contributed by atoms with Crippen LogP contribution in [0, 0.1) is 17.2 Å². The normalized spacial score (nSPS) is 19.4. The van der Waals surface area contributed by atoms with Crippen LogP contribution in [0.4, 0.5) is 5.88 Å². The van der Waals surface area contributed by atoms with Crippen molar-refractivity contribution in [3.05, 3.63) is 70.1 Å². The number of fused-ring (bicyclic) bond motifs is 4. The molecule has 0 saturated carbocycles. The molecule has 0 spiro atoms. The van der Waals surface area contributed by atoms with Crippen molar-refractivity contribution in [3.8, 4) is 17.6 Å². The summed E-state index contributed by atoms with van der Waals surface area (Å²) in [4.78, 5) is 18.7. The van der Waals surface area contributed by atoms with Crippen LogP contribution in [0.1, 0.15) is 29.6 Å². The zero-order valence-electron chi connectivity index (χ0n) is 17.2. The van der Waals surface area contributed by atoms with Gasteiger partial charge in [-0.1, -0.05) is 18.2 Å². The van der Waals surface area contributed by atoms with Crippen LogP contribution in [0.5, 0.6) is 11.5 Å². The lowest BCUT2D eigenvalue weighted by molar-refractivity contribution is 0.245. The minimum absolute atomic E-state index is 0.0498. The number of piperidine rings is 1. The summed E-state index contributed by atoms with van der Waals surface area (Å²) < 4.78 is 19.0. The molecule has 2 bridgehead atoms. The average Bonchev–Trinajstić information content (AvgIpc) is 3.22. The molecule has 2 aromatic heterocycles. The fourth-order valence-electron chi connectivity index (χ4n) is 4.64. The smallest absolute Gasteiger partial charge is 0.250 e. The molecule has 3 aromatic rings. The molecule has 2 aliphatic heterocycles. The maximum Gasteiger partial charge on any atom is 0.250 e. The van der Waals surface area contributed by atoms with Crippen LogP contribution in [0.25, 0.3) is 0 Å². The third kappa shape index (κ3) is 3.52. The van der Waals surface area contributed by atoms with E-state index in [0.29, 0.717) is 48.8 Å². The van der Waals surface area contributed by atoms with Gasteiger partial charge in [-0.05, 0) is 30.5 Å². The number of rotatable bonds is 5. The second-order valence-electron chi connectivity index (χ2n) is 7.92. The fraction of sp³-hybridized carbons (Fsp3) is 0.348. The molecular weight excluding hydrogens is 396 g/mol. The summed E-state index contributed by atoms with van der Waals surface area (Å²) >= 11 is 0. The molecule has 4 heterocycles. The first-order valence-electron chi connectivity index (χ1n) is 10.3. The van der Waals surface area contributed by atoms with E-state index >= 15 is 0 Å². The minimum atomic E-state index is 0.0498. The number of pyridine rings is 1. The average molecular weight is 418 g/mol. The van der Waals surface area contributed by atoms with E-state index < -0.39 is 0 Å². The number of nitrogens with zero attached hydrogens (tertiary/aromatic N) is 4. The summed E-state index contributed by atoms with van der Waals surface area (Å²) in [7, 11) is 1.58. The van der Waals surface area contributed by atoms with Crippen molar-refractivity contribution in [1.29, 1.82) is 5.26 Å². The number of methoxy groups -OCH3 is 1. The third-order valence-corrected chi connectivity index (χ3v) is 5.95. The molecule has 0 N–H and O–H groups in total. The minimum Gasteiger partial charge on any atom is -0.493 e. The van der Waals surface area contributed by atoms with Crippen molar-refractivity contribution in [3.63, 3.8) is 0 Å². The Hall–Kier alpha value is -3.73. The van der Waals surface area contributed by atoms with Gasteiger partial charge in [0, 0.05) is 37.3 Å². The van der Waals surface area contributed by atoms with Crippen molar-refractivity contribution in [1.82, 2.24) is 9.55 Å². The highest BCUT2D eigenvalue weighted by atomic mass is 16.5. The Balaban J connectivity index is 1.37. The van der Waals surface area contributed by atoms with Gasteiger partial charge in [-0.25, -0.2) is 0 Å². The van der Waals surface area contributed by atoms with E-state index in [-0.39, 0.29) is 23.8 Å². The summed E-state index contributed by atoms with van der Waals surface area (Å²) in [6, 6.07) is 14.9. The van der Waals surface area contributed by atoms with Crippen LogP contribution in [-0.2, 0) is 13.2 Å². The molecular formula is C23H22N4O4. The van der Waals surface area contributed by atoms with Crippen LogP contribution in [-0.4, -0.2) is 29.8 Å². The predicted octanol–water partition coefficient (Wildman–Crippen LogP) is 2.92. The van der Waals surface area contributed by atoms with Crippen molar-refractivity contribution >= 4 is 5.88 Å². The van der Waals surface area contributed by atoms with E-state index in [1.807, 2.05) is 34.9 Å². The Morgan fingerprint density at radius 1 is 1.16 bits per heavy atom. The summed E-state index contributed by atoms with van der Waals surface area (Å²) in [6.45, 7) is 2.17. The molecule has 5 rings (SSSR count). The highest BCUT2D eigenvalue weighted by Gasteiger charge is 2.36. The second kappa shape index (κ2) is 7.84. The van der Waals surface area contributed by atoms with Crippen LogP contribution in [0.15, 0.2) is 51.7 Å². The Kier molecular flexibility index (Phi) is 4.86. The van der Waals surface area contributed by atoms with Gasteiger partial charge in [0.25, 0.3) is 5.56 Å². The first-order valence-corrected chi connectivity index (χ1v) is 10.3. The Morgan fingerprint density at radius 3 is 2.81 bits per heavy atom. The topological polar surface area (TPSA) is 93.5 Å². The van der Waals surface area contributed by atoms with E-state index in [2.05, 4.69) is 16.0 Å². The molecule has 2 atom stereocenters. The number of hydrogen-bond donors (Lipinski definition) is 0. The molecule has 158 valence electrons. The lowest BCUT2D eigenvalue weighted by Crippen LogP contribution is -2.47. The predicted molar refractivity (Wildman–Crippen MR) is 112 cm³/mol. The quantitative estimate of drug-likeness (QED) is 0.629. The van der Waals surface area contributed by atoms with E-state index in [1.54, 1.807) is 19.2 Å². The number of nitriles is 1. The third-order valence-electron chi connectivity index (χ3n) is 5.95. The molecule has 1 fully saturated rings. The summed E-state index contributed by atoms with van der Waals surface area (Å²) in [5, 5.41) is 9.62. The zero-order chi connectivity index (χ0) is 21.4. The van der Waals surface area contributed by atoms with Gasteiger partial charge in [-0.2, -0.15) is 10.2 Å². The van der Waals surface area contributed by atoms with E-state index in [9.17, 15) is 10.1 Å². The highest BCUT2D eigenvalue weighted by Crippen LogP contribution is 2.38. The van der Waals surface area contributed by atoms with Crippen LogP contribution < -0.4 is 19.9 Å². The molecule has 1 saturated heterocycles. The molecule has 0 unspecified atom stereocenters. The zero-order valence-corrected chi connectivity index (χ0v) is 17.2.